The highest BCUT2D eigenvalue weighted by molar-refractivity contribution is 4.78. The Morgan fingerprint density at radius 3 is 1.83 bits per heavy atom. The van der Waals surface area contributed by atoms with Gasteiger partial charge in [0.25, 0.3) is 0 Å². The van der Waals surface area contributed by atoms with Crippen molar-refractivity contribution in [2.24, 2.45) is 5.41 Å². The molecule has 0 aromatic heterocycles. The van der Waals surface area contributed by atoms with Crippen LogP contribution in [0.15, 0.2) is 0 Å². The van der Waals surface area contributed by atoms with Crippen LogP contribution in [0.4, 0.5) is 17.6 Å². The maximum Gasteiger partial charge on any atom is 0.308 e. The van der Waals surface area contributed by atoms with Crippen LogP contribution in [0, 0.1) is 5.41 Å². The van der Waals surface area contributed by atoms with Gasteiger partial charge in [-0.2, -0.15) is 0 Å². The molecule has 0 unspecified atom stereocenters. The van der Waals surface area contributed by atoms with Crippen LogP contribution in [0.2, 0.25) is 0 Å². The predicted octanol–water partition coefficient (Wildman–Crippen LogP) is 3.71. The number of rotatable bonds is 4. The summed E-state index contributed by atoms with van der Waals surface area (Å²) < 4.78 is 48.4. The molecule has 0 saturated heterocycles. The van der Waals surface area contributed by atoms with Gasteiger partial charge in [-0.05, 0) is 5.41 Å². The molecule has 4 heteroatoms. The van der Waals surface area contributed by atoms with Gasteiger partial charge in [0.1, 0.15) is 0 Å². The van der Waals surface area contributed by atoms with Crippen LogP contribution in [-0.4, -0.2) is 12.3 Å². The van der Waals surface area contributed by atoms with Crippen LogP contribution in [0.25, 0.3) is 0 Å². The molecular formula is C8H14F4. The third kappa shape index (κ3) is 3.41. The van der Waals surface area contributed by atoms with Crippen molar-refractivity contribution in [3.8, 4) is 0 Å². The van der Waals surface area contributed by atoms with Crippen molar-refractivity contribution < 1.29 is 17.6 Å². The lowest BCUT2D eigenvalue weighted by Gasteiger charge is -2.27. The SMILES string of the molecule is CCC(C)(C)CC(F)(F)C(F)F. The van der Waals surface area contributed by atoms with Gasteiger partial charge in [-0.15, -0.1) is 0 Å². The van der Waals surface area contributed by atoms with Gasteiger partial charge in [0, 0.05) is 6.42 Å². The normalized spacial score (nSPS) is 14.0. The lowest BCUT2D eigenvalue weighted by atomic mass is 9.84. The van der Waals surface area contributed by atoms with E-state index in [0.29, 0.717) is 6.42 Å². The molecule has 0 aliphatic carbocycles. The lowest BCUT2D eigenvalue weighted by molar-refractivity contribution is -0.149. The zero-order valence-electron chi connectivity index (χ0n) is 7.50. The Bertz CT molecular complexity index is 140. The van der Waals surface area contributed by atoms with E-state index in [1.54, 1.807) is 20.8 Å². The predicted molar refractivity (Wildman–Crippen MR) is 39.6 cm³/mol. The fourth-order valence-corrected chi connectivity index (χ4v) is 0.840. The molecule has 0 N–H and O–H groups in total. The molecule has 0 aromatic rings. The number of hydrogen-bond donors (Lipinski definition) is 0. The number of hydrogen-bond acceptors (Lipinski definition) is 0. The van der Waals surface area contributed by atoms with Gasteiger partial charge in [0.05, 0.1) is 0 Å². The summed E-state index contributed by atoms with van der Waals surface area (Å²) >= 11 is 0. The molecule has 0 aromatic carbocycles. The van der Waals surface area contributed by atoms with E-state index in [9.17, 15) is 17.6 Å². The zero-order chi connectivity index (χ0) is 9.99. The Hall–Kier alpha value is -0.280. The van der Waals surface area contributed by atoms with E-state index in [0.717, 1.165) is 0 Å². The number of alkyl halides is 4. The quantitative estimate of drug-likeness (QED) is 0.587. The minimum atomic E-state index is -3.85. The highest BCUT2D eigenvalue weighted by Gasteiger charge is 2.44. The first kappa shape index (κ1) is 11.7. The first-order valence-electron chi connectivity index (χ1n) is 3.87. The van der Waals surface area contributed by atoms with E-state index in [2.05, 4.69) is 0 Å². The highest BCUT2D eigenvalue weighted by atomic mass is 19.3. The van der Waals surface area contributed by atoms with Crippen LogP contribution in [-0.2, 0) is 0 Å². The Balaban J connectivity index is 4.23. The van der Waals surface area contributed by atoms with Gasteiger partial charge >= 0.3 is 12.3 Å². The molecule has 0 aliphatic heterocycles. The minimum Gasteiger partial charge on any atom is -0.204 e. The van der Waals surface area contributed by atoms with Gasteiger partial charge < -0.3 is 0 Å². The van der Waals surface area contributed by atoms with Crippen LogP contribution in [0.5, 0.6) is 0 Å². The largest absolute Gasteiger partial charge is 0.308 e. The highest BCUT2D eigenvalue weighted by Crippen LogP contribution is 2.37. The molecule has 0 fully saturated rings. The number of halogens is 4. The van der Waals surface area contributed by atoms with Crippen molar-refractivity contribution in [2.75, 3.05) is 0 Å². The van der Waals surface area contributed by atoms with Gasteiger partial charge in [-0.25, -0.2) is 17.6 Å². The molecule has 0 atom stereocenters. The molecule has 0 nitrogen and oxygen atoms in total. The molecule has 0 heterocycles. The van der Waals surface area contributed by atoms with Gasteiger partial charge in [0.15, 0.2) is 0 Å². The Kier molecular flexibility index (Phi) is 3.54. The van der Waals surface area contributed by atoms with Crippen molar-refractivity contribution in [3.05, 3.63) is 0 Å². The van der Waals surface area contributed by atoms with Crippen molar-refractivity contribution in [2.45, 2.75) is 46.0 Å². The molecule has 0 saturated carbocycles. The first-order chi connectivity index (χ1) is 5.21. The molecular weight excluding hydrogens is 172 g/mol. The third-order valence-corrected chi connectivity index (χ3v) is 1.99. The summed E-state index contributed by atoms with van der Waals surface area (Å²) in [6.45, 7) is 4.83. The lowest BCUT2D eigenvalue weighted by Crippen LogP contribution is -2.32. The smallest absolute Gasteiger partial charge is 0.204 e. The molecule has 12 heavy (non-hydrogen) atoms. The zero-order valence-corrected chi connectivity index (χ0v) is 7.50. The Morgan fingerprint density at radius 1 is 1.17 bits per heavy atom. The fraction of sp³-hybridized carbons (Fsp3) is 1.00. The molecule has 0 bridgehead atoms. The summed E-state index contributed by atoms with van der Waals surface area (Å²) in [5, 5.41) is 0. The summed E-state index contributed by atoms with van der Waals surface area (Å²) in [5.41, 5.74) is -0.722. The van der Waals surface area contributed by atoms with E-state index >= 15 is 0 Å². The van der Waals surface area contributed by atoms with Crippen molar-refractivity contribution in [1.82, 2.24) is 0 Å². The van der Waals surface area contributed by atoms with Gasteiger partial charge in [0.2, 0.25) is 0 Å². The summed E-state index contributed by atoms with van der Waals surface area (Å²) in [6, 6.07) is 0. The van der Waals surface area contributed by atoms with Crippen molar-refractivity contribution in [1.29, 1.82) is 0 Å². The van der Waals surface area contributed by atoms with Crippen LogP contribution in [0.1, 0.15) is 33.6 Å². The molecule has 0 rings (SSSR count). The summed E-state index contributed by atoms with van der Waals surface area (Å²) in [5.74, 6) is -3.85. The van der Waals surface area contributed by atoms with E-state index in [1.807, 2.05) is 0 Å². The van der Waals surface area contributed by atoms with Crippen LogP contribution >= 0.6 is 0 Å². The molecule has 0 aliphatic rings. The van der Waals surface area contributed by atoms with Gasteiger partial charge in [-0.3, -0.25) is 0 Å². The van der Waals surface area contributed by atoms with E-state index in [4.69, 9.17) is 0 Å². The molecule has 0 radical (unpaired) electrons. The second-order valence-corrected chi connectivity index (χ2v) is 3.76. The minimum absolute atomic E-state index is 0.468. The second-order valence-electron chi connectivity index (χ2n) is 3.76. The average Bonchev–Trinajstić information content (AvgIpc) is 1.85. The summed E-state index contributed by atoms with van der Waals surface area (Å²) in [4.78, 5) is 0. The average molecular weight is 186 g/mol. The van der Waals surface area contributed by atoms with Crippen molar-refractivity contribution >= 4 is 0 Å². The van der Waals surface area contributed by atoms with Crippen LogP contribution < -0.4 is 0 Å². The Labute approximate surface area is 70.0 Å². The topological polar surface area (TPSA) is 0 Å². The van der Waals surface area contributed by atoms with E-state index < -0.39 is 24.2 Å². The van der Waals surface area contributed by atoms with Crippen molar-refractivity contribution in [3.63, 3.8) is 0 Å². The molecule has 0 amide bonds. The fourth-order valence-electron chi connectivity index (χ4n) is 0.840. The summed E-state index contributed by atoms with van der Waals surface area (Å²) in [6.07, 6.45) is -3.84. The van der Waals surface area contributed by atoms with E-state index in [1.165, 1.54) is 0 Å². The van der Waals surface area contributed by atoms with Crippen LogP contribution in [0.3, 0.4) is 0 Å². The summed E-state index contributed by atoms with van der Waals surface area (Å²) in [7, 11) is 0. The molecule has 74 valence electrons. The van der Waals surface area contributed by atoms with Gasteiger partial charge in [-0.1, -0.05) is 27.2 Å². The monoisotopic (exact) mass is 186 g/mol. The third-order valence-electron chi connectivity index (χ3n) is 1.99. The maximum absolute atomic E-state index is 12.5. The van der Waals surface area contributed by atoms with E-state index in [-0.39, 0.29) is 0 Å². The standard InChI is InChI=1S/C8H14F4/c1-4-7(2,3)5-8(11,12)6(9)10/h6H,4-5H2,1-3H3. The Morgan fingerprint density at radius 2 is 1.58 bits per heavy atom. The first-order valence-corrected chi connectivity index (χ1v) is 3.87. The second kappa shape index (κ2) is 3.62. The molecule has 0 spiro atoms. The maximum atomic E-state index is 12.5.